The SMILES string of the molecule is CCCc1cc(=O)[nH]c(SC(CN)c2cccc(Cl)c2)n1. The lowest BCUT2D eigenvalue weighted by molar-refractivity contribution is 0.810. The molecule has 1 heterocycles. The fraction of sp³-hybridized carbons (Fsp3) is 0.333. The van der Waals surface area contributed by atoms with E-state index >= 15 is 0 Å². The summed E-state index contributed by atoms with van der Waals surface area (Å²) in [5.41, 5.74) is 7.56. The van der Waals surface area contributed by atoms with Gasteiger partial charge in [-0.05, 0) is 24.1 Å². The van der Waals surface area contributed by atoms with E-state index in [4.69, 9.17) is 17.3 Å². The van der Waals surface area contributed by atoms with Gasteiger partial charge in [0, 0.05) is 28.6 Å². The van der Waals surface area contributed by atoms with Crippen LogP contribution in [0.2, 0.25) is 5.02 Å². The molecule has 0 saturated carbocycles. The van der Waals surface area contributed by atoms with Crippen molar-refractivity contribution in [1.82, 2.24) is 9.97 Å². The maximum atomic E-state index is 11.7. The van der Waals surface area contributed by atoms with Crippen LogP contribution in [-0.4, -0.2) is 16.5 Å². The molecule has 0 aliphatic carbocycles. The maximum absolute atomic E-state index is 11.7. The first kappa shape index (κ1) is 16.1. The lowest BCUT2D eigenvalue weighted by Crippen LogP contribution is -2.13. The van der Waals surface area contributed by atoms with Crippen molar-refractivity contribution in [3.8, 4) is 0 Å². The number of aryl methyl sites for hydroxylation is 1. The van der Waals surface area contributed by atoms with Gasteiger partial charge in [0.2, 0.25) is 0 Å². The van der Waals surface area contributed by atoms with E-state index in [1.807, 2.05) is 24.3 Å². The van der Waals surface area contributed by atoms with E-state index in [0.29, 0.717) is 16.7 Å². The second-order valence-corrected chi connectivity index (χ2v) is 6.32. The van der Waals surface area contributed by atoms with Gasteiger partial charge in [0.25, 0.3) is 5.56 Å². The maximum Gasteiger partial charge on any atom is 0.251 e. The number of nitrogens with zero attached hydrogens (tertiary/aromatic N) is 1. The Labute approximate surface area is 133 Å². The van der Waals surface area contributed by atoms with Gasteiger partial charge in [-0.2, -0.15) is 0 Å². The zero-order valence-corrected chi connectivity index (χ0v) is 13.4. The highest BCUT2D eigenvalue weighted by Crippen LogP contribution is 2.33. The molecule has 112 valence electrons. The zero-order valence-electron chi connectivity index (χ0n) is 11.8. The van der Waals surface area contributed by atoms with Gasteiger partial charge in [0.05, 0.1) is 0 Å². The molecule has 1 aromatic heterocycles. The van der Waals surface area contributed by atoms with E-state index in [0.717, 1.165) is 24.1 Å². The summed E-state index contributed by atoms with van der Waals surface area (Å²) < 4.78 is 0. The first-order valence-corrected chi connectivity index (χ1v) is 8.10. The lowest BCUT2D eigenvalue weighted by atomic mass is 10.1. The molecule has 0 radical (unpaired) electrons. The van der Waals surface area contributed by atoms with Crippen LogP contribution < -0.4 is 11.3 Å². The summed E-state index contributed by atoms with van der Waals surface area (Å²) in [7, 11) is 0. The minimum absolute atomic E-state index is 0.00345. The number of thioether (sulfide) groups is 1. The number of halogens is 1. The van der Waals surface area contributed by atoms with Crippen molar-refractivity contribution in [1.29, 1.82) is 0 Å². The normalized spacial score (nSPS) is 12.3. The van der Waals surface area contributed by atoms with E-state index in [9.17, 15) is 4.79 Å². The molecule has 4 nitrogen and oxygen atoms in total. The first-order chi connectivity index (χ1) is 10.1. The van der Waals surface area contributed by atoms with E-state index in [1.165, 1.54) is 11.8 Å². The van der Waals surface area contributed by atoms with Crippen molar-refractivity contribution in [3.05, 3.63) is 57.0 Å². The van der Waals surface area contributed by atoms with Crippen LogP contribution in [0.5, 0.6) is 0 Å². The standard InChI is InChI=1S/C15H18ClN3OS/c1-2-4-12-8-14(20)19-15(18-12)21-13(9-17)10-5-3-6-11(16)7-10/h3,5-8,13H,2,4,9,17H2,1H3,(H,18,19,20). The van der Waals surface area contributed by atoms with Crippen LogP contribution in [0.1, 0.15) is 29.9 Å². The van der Waals surface area contributed by atoms with Gasteiger partial charge < -0.3 is 10.7 Å². The van der Waals surface area contributed by atoms with Gasteiger partial charge in [-0.15, -0.1) is 0 Å². The molecular weight excluding hydrogens is 306 g/mol. The Bertz CT molecular complexity index is 659. The molecule has 2 aromatic rings. The second-order valence-electron chi connectivity index (χ2n) is 4.69. The number of aromatic amines is 1. The van der Waals surface area contributed by atoms with Crippen molar-refractivity contribution in [2.45, 2.75) is 30.2 Å². The molecular formula is C15H18ClN3OS. The molecule has 21 heavy (non-hydrogen) atoms. The number of hydrogen-bond acceptors (Lipinski definition) is 4. The third kappa shape index (κ3) is 4.59. The van der Waals surface area contributed by atoms with Crippen molar-refractivity contribution in [3.63, 3.8) is 0 Å². The van der Waals surface area contributed by atoms with Gasteiger partial charge in [0.15, 0.2) is 5.16 Å². The Kier molecular flexibility index (Phi) is 5.85. The number of nitrogens with two attached hydrogens (primary N) is 1. The van der Waals surface area contributed by atoms with E-state index in [1.54, 1.807) is 6.07 Å². The highest BCUT2D eigenvalue weighted by molar-refractivity contribution is 7.99. The summed E-state index contributed by atoms with van der Waals surface area (Å²) in [4.78, 5) is 18.9. The molecule has 1 aromatic carbocycles. The molecule has 0 aliphatic heterocycles. The second kappa shape index (κ2) is 7.64. The van der Waals surface area contributed by atoms with Crippen LogP contribution >= 0.6 is 23.4 Å². The van der Waals surface area contributed by atoms with Gasteiger partial charge in [0.1, 0.15) is 0 Å². The zero-order chi connectivity index (χ0) is 15.2. The van der Waals surface area contributed by atoms with Crippen molar-refractivity contribution >= 4 is 23.4 Å². The molecule has 0 aliphatic rings. The Balaban J connectivity index is 2.24. The third-order valence-corrected chi connectivity index (χ3v) is 4.37. The lowest BCUT2D eigenvalue weighted by Gasteiger charge is -2.14. The fourth-order valence-corrected chi connectivity index (χ4v) is 3.19. The highest BCUT2D eigenvalue weighted by Gasteiger charge is 2.14. The van der Waals surface area contributed by atoms with Gasteiger partial charge in [-0.3, -0.25) is 4.79 Å². The molecule has 0 bridgehead atoms. The van der Waals surface area contributed by atoms with Gasteiger partial charge in [-0.25, -0.2) is 4.98 Å². The first-order valence-electron chi connectivity index (χ1n) is 6.84. The summed E-state index contributed by atoms with van der Waals surface area (Å²) in [5, 5.41) is 1.28. The number of rotatable bonds is 6. The van der Waals surface area contributed by atoms with Crippen LogP contribution in [0.3, 0.4) is 0 Å². The highest BCUT2D eigenvalue weighted by atomic mass is 35.5. The molecule has 1 unspecified atom stereocenters. The number of hydrogen-bond donors (Lipinski definition) is 2. The van der Waals surface area contributed by atoms with Crippen molar-refractivity contribution < 1.29 is 0 Å². The van der Waals surface area contributed by atoms with E-state index in [2.05, 4.69) is 16.9 Å². The van der Waals surface area contributed by atoms with Crippen LogP contribution in [0.25, 0.3) is 0 Å². The van der Waals surface area contributed by atoms with Crippen LogP contribution in [-0.2, 0) is 6.42 Å². The number of benzene rings is 1. The minimum Gasteiger partial charge on any atom is -0.329 e. The third-order valence-electron chi connectivity index (χ3n) is 2.97. The summed E-state index contributed by atoms with van der Waals surface area (Å²) in [6.07, 6.45) is 1.75. The summed E-state index contributed by atoms with van der Waals surface area (Å²) >= 11 is 7.47. The Hall–Kier alpha value is -1.30. The van der Waals surface area contributed by atoms with Crippen LogP contribution in [0.4, 0.5) is 0 Å². The molecule has 3 N–H and O–H groups in total. The number of nitrogens with one attached hydrogen (secondary N) is 1. The topological polar surface area (TPSA) is 71.8 Å². The van der Waals surface area contributed by atoms with Gasteiger partial charge >= 0.3 is 0 Å². The summed E-state index contributed by atoms with van der Waals surface area (Å²) in [5.74, 6) is 0. The van der Waals surface area contributed by atoms with Crippen molar-refractivity contribution in [2.75, 3.05) is 6.54 Å². The average Bonchev–Trinajstić information content (AvgIpc) is 2.44. The fourth-order valence-electron chi connectivity index (χ4n) is 2.02. The molecule has 0 spiro atoms. The predicted octanol–water partition coefficient (Wildman–Crippen LogP) is 3.17. The van der Waals surface area contributed by atoms with Crippen molar-refractivity contribution in [2.24, 2.45) is 5.73 Å². The predicted molar refractivity (Wildman–Crippen MR) is 88.0 cm³/mol. The molecule has 2 rings (SSSR count). The van der Waals surface area contributed by atoms with Crippen LogP contribution in [0.15, 0.2) is 40.3 Å². The Morgan fingerprint density at radius 3 is 2.90 bits per heavy atom. The largest absolute Gasteiger partial charge is 0.329 e. The minimum atomic E-state index is -0.127. The molecule has 0 saturated heterocycles. The number of H-pyrrole nitrogens is 1. The monoisotopic (exact) mass is 323 g/mol. The average molecular weight is 324 g/mol. The Morgan fingerprint density at radius 1 is 1.43 bits per heavy atom. The van der Waals surface area contributed by atoms with E-state index < -0.39 is 0 Å². The molecule has 0 amide bonds. The number of aromatic nitrogens is 2. The quantitative estimate of drug-likeness (QED) is 0.632. The van der Waals surface area contributed by atoms with E-state index in [-0.39, 0.29) is 10.8 Å². The summed E-state index contributed by atoms with van der Waals surface area (Å²) in [6, 6.07) is 9.13. The summed E-state index contributed by atoms with van der Waals surface area (Å²) in [6.45, 7) is 2.50. The van der Waals surface area contributed by atoms with Crippen LogP contribution in [0, 0.1) is 0 Å². The Morgan fingerprint density at radius 2 is 2.24 bits per heavy atom. The van der Waals surface area contributed by atoms with Gasteiger partial charge in [-0.1, -0.05) is 48.8 Å². The molecule has 1 atom stereocenters. The molecule has 0 fully saturated rings. The molecule has 6 heteroatoms. The smallest absolute Gasteiger partial charge is 0.251 e.